The van der Waals surface area contributed by atoms with Crippen molar-refractivity contribution in [3.8, 4) is 0 Å². The zero-order valence-electron chi connectivity index (χ0n) is 13.3. The Morgan fingerprint density at radius 2 is 1.64 bits per heavy atom. The Morgan fingerprint density at radius 1 is 0.955 bits per heavy atom. The molecule has 4 aliphatic rings. The maximum atomic E-state index is 4.68. The van der Waals surface area contributed by atoms with Gasteiger partial charge in [0.05, 0.1) is 5.52 Å². The molecule has 22 heavy (non-hydrogen) atoms. The molecule has 2 heteroatoms. The van der Waals surface area contributed by atoms with Gasteiger partial charge in [0.15, 0.2) is 0 Å². The van der Waals surface area contributed by atoms with E-state index in [9.17, 15) is 0 Å². The number of pyridine rings is 1. The highest BCUT2D eigenvalue weighted by Crippen LogP contribution is 2.54. The van der Waals surface area contributed by atoms with Gasteiger partial charge >= 0.3 is 0 Å². The molecule has 0 atom stereocenters. The van der Waals surface area contributed by atoms with E-state index in [2.05, 4.69) is 47.6 Å². The first kappa shape index (κ1) is 12.9. The Kier molecular flexibility index (Phi) is 2.77. The van der Waals surface area contributed by atoms with E-state index in [4.69, 9.17) is 0 Å². The van der Waals surface area contributed by atoms with Crippen LogP contribution in [0.1, 0.15) is 37.8 Å². The number of aromatic nitrogens is 1. The van der Waals surface area contributed by atoms with Gasteiger partial charge in [-0.3, -0.25) is 4.98 Å². The van der Waals surface area contributed by atoms with Crippen LogP contribution < -0.4 is 5.32 Å². The van der Waals surface area contributed by atoms with E-state index in [1.807, 2.05) is 0 Å². The number of nitrogens with zero attached hydrogens (tertiary/aromatic N) is 1. The summed E-state index contributed by atoms with van der Waals surface area (Å²) >= 11 is 0. The van der Waals surface area contributed by atoms with Crippen LogP contribution in [0, 0.1) is 30.6 Å². The van der Waals surface area contributed by atoms with Crippen molar-refractivity contribution in [2.45, 2.75) is 45.1 Å². The molecular formula is C20H24N2. The predicted molar refractivity (Wildman–Crippen MR) is 90.9 cm³/mol. The van der Waals surface area contributed by atoms with Gasteiger partial charge in [0.1, 0.15) is 0 Å². The van der Waals surface area contributed by atoms with Crippen molar-refractivity contribution in [1.29, 1.82) is 0 Å². The molecule has 1 N–H and O–H groups in total. The quantitative estimate of drug-likeness (QED) is 0.861. The summed E-state index contributed by atoms with van der Waals surface area (Å²) in [5, 5.41) is 5.25. The molecule has 6 rings (SSSR count). The first-order valence-electron chi connectivity index (χ1n) is 8.89. The Labute approximate surface area is 132 Å². The van der Waals surface area contributed by atoms with Gasteiger partial charge < -0.3 is 5.32 Å². The van der Waals surface area contributed by atoms with Crippen LogP contribution in [0.5, 0.6) is 0 Å². The molecule has 4 bridgehead atoms. The van der Waals surface area contributed by atoms with Gasteiger partial charge in [0, 0.05) is 22.8 Å². The summed E-state index contributed by atoms with van der Waals surface area (Å²) in [5.74, 6) is 3.89. The van der Waals surface area contributed by atoms with Crippen LogP contribution >= 0.6 is 0 Å². The lowest BCUT2D eigenvalue weighted by atomic mass is 9.54. The van der Waals surface area contributed by atoms with Crippen molar-refractivity contribution in [3.63, 3.8) is 0 Å². The topological polar surface area (TPSA) is 24.9 Å². The Balaban J connectivity index is 1.51. The minimum Gasteiger partial charge on any atom is -0.381 e. The maximum Gasteiger partial charge on any atom is 0.0725 e. The molecule has 0 saturated heterocycles. The third-order valence-electron chi connectivity index (χ3n) is 6.39. The Morgan fingerprint density at radius 3 is 2.36 bits per heavy atom. The number of rotatable bonds is 2. The molecule has 0 unspecified atom stereocenters. The summed E-state index contributed by atoms with van der Waals surface area (Å²) in [6.07, 6.45) is 7.38. The van der Waals surface area contributed by atoms with E-state index < -0.39 is 0 Å². The van der Waals surface area contributed by atoms with Gasteiger partial charge in [-0.05, 0) is 74.8 Å². The second-order valence-electron chi connectivity index (χ2n) is 7.93. The van der Waals surface area contributed by atoms with E-state index in [0.717, 1.165) is 34.9 Å². The molecule has 4 aliphatic carbocycles. The minimum atomic E-state index is 0.693. The third-order valence-corrected chi connectivity index (χ3v) is 6.39. The standard InChI is InChI=1S/C20H24N2/c1-12-6-19(17-4-2-3-5-18(17)21-12)22-20-15-8-13-7-14(10-15)11-16(20)9-13/h2-6,13-16,20H,7-11H2,1H3,(H,21,22). The van der Waals surface area contributed by atoms with Crippen molar-refractivity contribution in [2.75, 3.05) is 5.32 Å². The van der Waals surface area contributed by atoms with E-state index in [0.29, 0.717) is 6.04 Å². The summed E-state index contributed by atoms with van der Waals surface area (Å²) in [5.41, 5.74) is 3.54. The molecular weight excluding hydrogens is 268 g/mol. The lowest BCUT2D eigenvalue weighted by molar-refractivity contribution is 0.00758. The van der Waals surface area contributed by atoms with Gasteiger partial charge in [-0.25, -0.2) is 0 Å². The molecule has 0 radical (unpaired) electrons. The van der Waals surface area contributed by atoms with Gasteiger partial charge in [0.2, 0.25) is 0 Å². The Bertz CT molecular complexity index is 693. The van der Waals surface area contributed by atoms with Crippen molar-refractivity contribution in [3.05, 3.63) is 36.0 Å². The number of fused-ring (bicyclic) bond motifs is 1. The van der Waals surface area contributed by atoms with Crippen LogP contribution in [0.2, 0.25) is 0 Å². The molecule has 114 valence electrons. The van der Waals surface area contributed by atoms with Crippen molar-refractivity contribution in [1.82, 2.24) is 4.98 Å². The highest BCUT2D eigenvalue weighted by Gasteiger charge is 2.48. The number of anilines is 1. The van der Waals surface area contributed by atoms with Crippen LogP contribution in [-0.4, -0.2) is 11.0 Å². The fraction of sp³-hybridized carbons (Fsp3) is 0.550. The molecule has 2 nitrogen and oxygen atoms in total. The highest BCUT2D eigenvalue weighted by molar-refractivity contribution is 5.91. The number of hydrogen-bond acceptors (Lipinski definition) is 2. The Hall–Kier alpha value is -1.57. The first-order chi connectivity index (χ1) is 10.8. The molecule has 4 fully saturated rings. The van der Waals surface area contributed by atoms with Gasteiger partial charge in [-0.2, -0.15) is 0 Å². The molecule has 1 heterocycles. The maximum absolute atomic E-state index is 4.68. The lowest BCUT2D eigenvalue weighted by Crippen LogP contribution is -2.51. The zero-order chi connectivity index (χ0) is 14.7. The van der Waals surface area contributed by atoms with E-state index in [1.54, 1.807) is 0 Å². The molecule has 2 aromatic rings. The van der Waals surface area contributed by atoms with Gasteiger partial charge in [-0.1, -0.05) is 18.2 Å². The smallest absolute Gasteiger partial charge is 0.0725 e. The number of benzene rings is 1. The average Bonchev–Trinajstić information content (AvgIpc) is 2.50. The van der Waals surface area contributed by atoms with E-state index in [1.165, 1.54) is 43.2 Å². The van der Waals surface area contributed by atoms with Crippen molar-refractivity contribution in [2.24, 2.45) is 23.7 Å². The summed E-state index contributed by atoms with van der Waals surface area (Å²) in [4.78, 5) is 4.68. The number of para-hydroxylation sites is 1. The number of hydrogen-bond donors (Lipinski definition) is 1. The first-order valence-corrected chi connectivity index (χ1v) is 8.89. The van der Waals surface area contributed by atoms with Gasteiger partial charge in [0.25, 0.3) is 0 Å². The minimum absolute atomic E-state index is 0.693. The van der Waals surface area contributed by atoms with Crippen LogP contribution in [-0.2, 0) is 0 Å². The summed E-state index contributed by atoms with van der Waals surface area (Å²) in [6.45, 7) is 2.11. The van der Waals surface area contributed by atoms with Crippen molar-refractivity contribution < 1.29 is 0 Å². The molecule has 0 spiro atoms. The second-order valence-corrected chi connectivity index (χ2v) is 7.93. The number of nitrogens with one attached hydrogen (secondary N) is 1. The average molecular weight is 292 g/mol. The molecule has 1 aromatic heterocycles. The van der Waals surface area contributed by atoms with Gasteiger partial charge in [-0.15, -0.1) is 0 Å². The SMILES string of the molecule is Cc1cc(NC2C3CC4CC(C3)CC2C4)c2ccccc2n1. The molecule has 1 aromatic carbocycles. The van der Waals surface area contributed by atoms with Crippen LogP contribution in [0.25, 0.3) is 10.9 Å². The predicted octanol–water partition coefficient (Wildman–Crippen LogP) is 4.78. The summed E-state index contributed by atoms with van der Waals surface area (Å²) in [6, 6.07) is 11.5. The molecule has 0 amide bonds. The highest BCUT2D eigenvalue weighted by atomic mass is 15.0. The summed E-state index contributed by atoms with van der Waals surface area (Å²) < 4.78 is 0. The van der Waals surface area contributed by atoms with Crippen LogP contribution in [0.3, 0.4) is 0 Å². The lowest BCUT2D eigenvalue weighted by Gasteiger charge is -2.54. The van der Waals surface area contributed by atoms with E-state index >= 15 is 0 Å². The molecule has 0 aliphatic heterocycles. The van der Waals surface area contributed by atoms with E-state index in [-0.39, 0.29) is 0 Å². The normalized spacial score (nSPS) is 36.0. The van der Waals surface area contributed by atoms with Crippen LogP contribution in [0.15, 0.2) is 30.3 Å². The second kappa shape index (κ2) is 4.71. The molecule has 4 saturated carbocycles. The number of aryl methyl sites for hydroxylation is 1. The van der Waals surface area contributed by atoms with Crippen LogP contribution in [0.4, 0.5) is 5.69 Å². The largest absolute Gasteiger partial charge is 0.381 e. The third kappa shape index (κ3) is 1.96. The zero-order valence-corrected chi connectivity index (χ0v) is 13.3. The fourth-order valence-corrected chi connectivity index (χ4v) is 5.77. The fourth-order valence-electron chi connectivity index (χ4n) is 5.77. The monoisotopic (exact) mass is 292 g/mol. The summed E-state index contributed by atoms with van der Waals surface area (Å²) in [7, 11) is 0. The van der Waals surface area contributed by atoms with Crippen molar-refractivity contribution >= 4 is 16.6 Å².